The Morgan fingerprint density at radius 2 is 2.05 bits per heavy atom. The first-order valence-corrected chi connectivity index (χ1v) is 7.15. The van der Waals surface area contributed by atoms with Gasteiger partial charge in [0.2, 0.25) is 0 Å². The lowest BCUT2D eigenvalue weighted by Gasteiger charge is -2.19. The van der Waals surface area contributed by atoms with Gasteiger partial charge in [0.25, 0.3) is 0 Å². The largest absolute Gasteiger partial charge is 0.383 e. The molecule has 0 unspecified atom stereocenters. The normalized spacial score (nSPS) is 14.4. The predicted molar refractivity (Wildman–Crippen MR) is 85.0 cm³/mol. The summed E-state index contributed by atoms with van der Waals surface area (Å²) < 4.78 is 0. The molecule has 0 spiro atoms. The van der Waals surface area contributed by atoms with Crippen LogP contribution >= 0.6 is 0 Å². The molecule has 2 aromatic heterocycles. The first kappa shape index (κ1) is 13.5. The second-order valence-corrected chi connectivity index (χ2v) is 5.31. The zero-order valence-corrected chi connectivity index (χ0v) is 12.2. The molecule has 108 valence electrons. The van der Waals surface area contributed by atoms with Crippen LogP contribution in [-0.4, -0.2) is 28.0 Å². The molecule has 1 fully saturated rings. The number of nitrogen functional groups attached to an aromatic ring is 1. The van der Waals surface area contributed by atoms with Crippen molar-refractivity contribution >= 4 is 17.2 Å². The molecule has 0 radical (unpaired) electrons. The van der Waals surface area contributed by atoms with E-state index in [0.29, 0.717) is 17.2 Å². The lowest BCUT2D eigenvalue weighted by molar-refractivity contribution is 0.909. The maximum atomic E-state index is 5.91. The van der Waals surface area contributed by atoms with E-state index in [-0.39, 0.29) is 0 Å². The van der Waals surface area contributed by atoms with Crippen LogP contribution in [0, 0.1) is 6.92 Å². The highest BCUT2D eigenvalue weighted by molar-refractivity contribution is 5.80. The van der Waals surface area contributed by atoms with Gasteiger partial charge in [-0.2, -0.15) is 0 Å². The smallest absolute Gasteiger partial charge is 0.161 e. The molecule has 0 aliphatic carbocycles. The zero-order valence-electron chi connectivity index (χ0n) is 12.2. The van der Waals surface area contributed by atoms with Crippen LogP contribution in [0.3, 0.4) is 0 Å². The Hall–Kier alpha value is -2.43. The van der Waals surface area contributed by atoms with E-state index in [1.165, 1.54) is 12.8 Å². The summed E-state index contributed by atoms with van der Waals surface area (Å²) in [5.74, 6) is 2.07. The molecule has 5 heteroatoms. The second-order valence-electron chi connectivity index (χ2n) is 5.31. The standard InChI is InChI=1S/C16H19N5/c1-11-10-19-15(20-16(11)21-8-3-4-9-21)12(2)13-6-5-7-18-14(13)17/h5-7,10H,2-4,8-9H2,1H3,(H2,17,18). The van der Waals surface area contributed by atoms with Gasteiger partial charge < -0.3 is 10.6 Å². The Labute approximate surface area is 124 Å². The monoisotopic (exact) mass is 281 g/mol. The van der Waals surface area contributed by atoms with E-state index in [9.17, 15) is 0 Å². The third-order valence-electron chi connectivity index (χ3n) is 3.78. The van der Waals surface area contributed by atoms with Gasteiger partial charge in [-0.1, -0.05) is 6.58 Å². The highest BCUT2D eigenvalue weighted by Crippen LogP contribution is 2.26. The first-order chi connectivity index (χ1) is 10.2. The minimum atomic E-state index is 0.453. The van der Waals surface area contributed by atoms with Crippen molar-refractivity contribution in [2.45, 2.75) is 19.8 Å². The lowest BCUT2D eigenvalue weighted by Crippen LogP contribution is -2.21. The van der Waals surface area contributed by atoms with E-state index in [2.05, 4.69) is 21.4 Å². The summed E-state index contributed by atoms with van der Waals surface area (Å²) in [5, 5.41) is 0. The van der Waals surface area contributed by atoms with Crippen molar-refractivity contribution in [3.63, 3.8) is 0 Å². The first-order valence-electron chi connectivity index (χ1n) is 7.15. The van der Waals surface area contributed by atoms with Crippen LogP contribution in [0.1, 0.15) is 29.8 Å². The van der Waals surface area contributed by atoms with Crippen LogP contribution < -0.4 is 10.6 Å². The molecule has 2 aromatic rings. The highest BCUT2D eigenvalue weighted by Gasteiger charge is 2.18. The number of pyridine rings is 1. The molecule has 0 aromatic carbocycles. The molecular weight excluding hydrogens is 262 g/mol. The van der Waals surface area contributed by atoms with Gasteiger partial charge in [0.15, 0.2) is 5.82 Å². The number of hydrogen-bond donors (Lipinski definition) is 1. The Bertz CT molecular complexity index is 674. The summed E-state index contributed by atoms with van der Waals surface area (Å²) in [6, 6.07) is 3.73. The van der Waals surface area contributed by atoms with E-state index in [4.69, 9.17) is 10.7 Å². The number of aromatic nitrogens is 3. The fourth-order valence-electron chi connectivity index (χ4n) is 2.62. The fourth-order valence-corrected chi connectivity index (χ4v) is 2.62. The number of hydrogen-bond acceptors (Lipinski definition) is 5. The summed E-state index contributed by atoms with van der Waals surface area (Å²) in [6.07, 6.45) is 5.95. The molecule has 3 heterocycles. The van der Waals surface area contributed by atoms with Gasteiger partial charge >= 0.3 is 0 Å². The maximum absolute atomic E-state index is 5.91. The Morgan fingerprint density at radius 3 is 2.76 bits per heavy atom. The van der Waals surface area contributed by atoms with Gasteiger partial charge in [0.1, 0.15) is 11.6 Å². The Morgan fingerprint density at radius 1 is 1.29 bits per heavy atom. The highest BCUT2D eigenvalue weighted by atomic mass is 15.2. The lowest BCUT2D eigenvalue weighted by atomic mass is 10.1. The molecule has 0 saturated carbocycles. The van der Waals surface area contributed by atoms with E-state index < -0.39 is 0 Å². The number of rotatable bonds is 3. The van der Waals surface area contributed by atoms with Gasteiger partial charge in [0, 0.05) is 42.2 Å². The molecule has 0 amide bonds. The van der Waals surface area contributed by atoms with Crippen LogP contribution in [0.15, 0.2) is 31.1 Å². The molecule has 1 aliphatic rings. The SMILES string of the molecule is C=C(c1ncc(C)c(N2CCCC2)n1)c1cccnc1N. The molecule has 0 bridgehead atoms. The van der Waals surface area contributed by atoms with Gasteiger partial charge in [-0.25, -0.2) is 15.0 Å². The van der Waals surface area contributed by atoms with Gasteiger partial charge in [-0.3, -0.25) is 0 Å². The fraction of sp³-hybridized carbons (Fsp3) is 0.312. The summed E-state index contributed by atoms with van der Waals surface area (Å²) in [6.45, 7) is 8.24. The minimum Gasteiger partial charge on any atom is -0.383 e. The third kappa shape index (κ3) is 2.59. The molecule has 5 nitrogen and oxygen atoms in total. The molecule has 1 saturated heterocycles. The van der Waals surface area contributed by atoms with Crippen molar-refractivity contribution in [3.05, 3.63) is 48.1 Å². The van der Waals surface area contributed by atoms with E-state index in [0.717, 1.165) is 30.0 Å². The summed E-state index contributed by atoms with van der Waals surface area (Å²) in [7, 11) is 0. The summed E-state index contributed by atoms with van der Waals surface area (Å²) in [4.78, 5) is 15.5. The number of nitrogens with two attached hydrogens (primary N) is 1. The van der Waals surface area contributed by atoms with Gasteiger partial charge in [-0.15, -0.1) is 0 Å². The Balaban J connectivity index is 1.97. The van der Waals surface area contributed by atoms with Crippen LogP contribution in [0.2, 0.25) is 0 Å². The van der Waals surface area contributed by atoms with Crippen LogP contribution in [0.4, 0.5) is 11.6 Å². The minimum absolute atomic E-state index is 0.453. The van der Waals surface area contributed by atoms with Crippen molar-refractivity contribution in [1.29, 1.82) is 0 Å². The molecule has 1 aliphatic heterocycles. The average molecular weight is 281 g/mol. The van der Waals surface area contributed by atoms with E-state index in [1.807, 2.05) is 25.3 Å². The zero-order chi connectivity index (χ0) is 14.8. The second kappa shape index (κ2) is 5.52. The molecule has 2 N–H and O–H groups in total. The average Bonchev–Trinajstić information content (AvgIpc) is 3.01. The quantitative estimate of drug-likeness (QED) is 0.935. The van der Waals surface area contributed by atoms with Crippen molar-refractivity contribution in [2.24, 2.45) is 0 Å². The van der Waals surface area contributed by atoms with E-state index in [1.54, 1.807) is 6.20 Å². The van der Waals surface area contributed by atoms with Gasteiger partial charge in [-0.05, 0) is 31.9 Å². The topological polar surface area (TPSA) is 67.9 Å². The number of anilines is 2. The van der Waals surface area contributed by atoms with Crippen LogP contribution in [0.25, 0.3) is 5.57 Å². The Kier molecular flexibility index (Phi) is 3.56. The third-order valence-corrected chi connectivity index (χ3v) is 3.78. The van der Waals surface area contributed by atoms with Crippen LogP contribution in [0.5, 0.6) is 0 Å². The van der Waals surface area contributed by atoms with Crippen molar-refractivity contribution < 1.29 is 0 Å². The van der Waals surface area contributed by atoms with Crippen molar-refractivity contribution in [3.8, 4) is 0 Å². The predicted octanol–water partition coefficient (Wildman–Crippen LogP) is 2.42. The summed E-state index contributed by atoms with van der Waals surface area (Å²) >= 11 is 0. The molecule has 3 rings (SSSR count). The van der Waals surface area contributed by atoms with Crippen molar-refractivity contribution in [2.75, 3.05) is 23.7 Å². The molecule has 21 heavy (non-hydrogen) atoms. The number of nitrogens with zero attached hydrogens (tertiary/aromatic N) is 4. The van der Waals surface area contributed by atoms with Gasteiger partial charge in [0.05, 0.1) is 0 Å². The van der Waals surface area contributed by atoms with Crippen LogP contribution in [-0.2, 0) is 0 Å². The number of aryl methyl sites for hydroxylation is 1. The molecular formula is C16H19N5. The van der Waals surface area contributed by atoms with Crippen molar-refractivity contribution in [1.82, 2.24) is 15.0 Å². The molecule has 0 atom stereocenters. The maximum Gasteiger partial charge on any atom is 0.161 e. The summed E-state index contributed by atoms with van der Waals surface area (Å²) in [5.41, 5.74) is 8.50. The van der Waals surface area contributed by atoms with E-state index >= 15 is 0 Å².